The molecule has 6 heteroatoms. The highest BCUT2D eigenvalue weighted by Crippen LogP contribution is 2.23. The summed E-state index contributed by atoms with van der Waals surface area (Å²) in [5, 5.41) is 8.94. The molecule has 0 atom stereocenters. The van der Waals surface area contributed by atoms with Crippen molar-refractivity contribution in [2.45, 2.75) is 19.0 Å². The number of halogens is 1. The number of aromatic nitrogens is 3. The van der Waals surface area contributed by atoms with Gasteiger partial charge < -0.3 is 0 Å². The molecule has 0 fully saturated rings. The van der Waals surface area contributed by atoms with E-state index in [0.29, 0.717) is 10.7 Å². The van der Waals surface area contributed by atoms with E-state index in [-0.39, 0.29) is 17.4 Å². The normalized spacial score (nSPS) is 10.8. The zero-order valence-corrected chi connectivity index (χ0v) is 14.2. The number of carbonyl (C=O) groups excluding carboxylic acids is 1. The number of hydrogen-bond acceptors (Lipinski definition) is 4. The molecule has 0 N–H and O–H groups in total. The summed E-state index contributed by atoms with van der Waals surface area (Å²) in [7, 11) is 0. The monoisotopic (exact) mass is 341 g/mol. The van der Waals surface area contributed by atoms with Crippen LogP contribution in [0.5, 0.6) is 0 Å². The molecule has 2 aromatic carbocycles. The fourth-order valence-corrected chi connectivity index (χ4v) is 3.24. The molecule has 0 aliphatic carbocycles. The Bertz CT molecular complexity index is 874. The third-order valence-corrected chi connectivity index (χ3v) is 4.48. The van der Waals surface area contributed by atoms with Gasteiger partial charge in [0.1, 0.15) is 11.6 Å². The van der Waals surface area contributed by atoms with E-state index < -0.39 is 0 Å². The minimum atomic E-state index is -0.353. The standard InChI is InChI=1S/C18H16FN3OS/c1-12-4-3-5-16(10-12)22-13(2)20-21-18(22)24-11-17(23)14-6-8-15(19)9-7-14/h3-10H,11H2,1-2H3. The Morgan fingerprint density at radius 1 is 1.12 bits per heavy atom. The minimum absolute atomic E-state index is 0.0727. The van der Waals surface area contributed by atoms with Crippen molar-refractivity contribution < 1.29 is 9.18 Å². The van der Waals surface area contributed by atoms with Crippen LogP contribution in [0.4, 0.5) is 4.39 Å². The predicted molar refractivity (Wildman–Crippen MR) is 92.3 cm³/mol. The average Bonchev–Trinajstić information content (AvgIpc) is 2.94. The number of rotatable bonds is 5. The summed E-state index contributed by atoms with van der Waals surface area (Å²) >= 11 is 1.32. The van der Waals surface area contributed by atoms with Gasteiger partial charge in [0, 0.05) is 11.3 Å². The quantitative estimate of drug-likeness (QED) is 0.520. The van der Waals surface area contributed by atoms with Crippen molar-refractivity contribution in [1.82, 2.24) is 14.8 Å². The van der Waals surface area contributed by atoms with Crippen molar-refractivity contribution >= 4 is 17.5 Å². The van der Waals surface area contributed by atoms with Gasteiger partial charge in [-0.2, -0.15) is 0 Å². The molecule has 0 unspecified atom stereocenters. The number of Topliss-reactive ketones (excluding diaryl/α,β-unsaturated/α-hetero) is 1. The predicted octanol–water partition coefficient (Wildman–Crippen LogP) is 4.00. The molecular weight excluding hydrogens is 325 g/mol. The number of aryl methyl sites for hydroxylation is 2. The van der Waals surface area contributed by atoms with Crippen molar-refractivity contribution in [3.8, 4) is 5.69 Å². The Morgan fingerprint density at radius 3 is 2.58 bits per heavy atom. The zero-order valence-electron chi connectivity index (χ0n) is 13.4. The zero-order chi connectivity index (χ0) is 17.1. The van der Waals surface area contributed by atoms with E-state index in [0.717, 1.165) is 17.1 Å². The van der Waals surface area contributed by atoms with Gasteiger partial charge in [-0.3, -0.25) is 9.36 Å². The van der Waals surface area contributed by atoms with Crippen LogP contribution in [-0.4, -0.2) is 26.3 Å². The smallest absolute Gasteiger partial charge is 0.196 e. The molecule has 24 heavy (non-hydrogen) atoms. The average molecular weight is 341 g/mol. The van der Waals surface area contributed by atoms with Gasteiger partial charge in [0.15, 0.2) is 10.9 Å². The second-order valence-electron chi connectivity index (χ2n) is 5.42. The van der Waals surface area contributed by atoms with E-state index in [9.17, 15) is 9.18 Å². The van der Waals surface area contributed by atoms with Crippen LogP contribution in [0.15, 0.2) is 53.7 Å². The molecule has 0 spiro atoms. The summed E-state index contributed by atoms with van der Waals surface area (Å²) in [6.07, 6.45) is 0. The first-order valence-corrected chi connectivity index (χ1v) is 8.44. The SMILES string of the molecule is Cc1cccc(-n2c(C)nnc2SCC(=O)c2ccc(F)cc2)c1. The molecule has 0 radical (unpaired) electrons. The Hall–Kier alpha value is -2.47. The van der Waals surface area contributed by atoms with Crippen molar-refractivity contribution in [3.63, 3.8) is 0 Å². The third-order valence-electron chi connectivity index (χ3n) is 3.55. The summed E-state index contributed by atoms with van der Waals surface area (Å²) in [5.41, 5.74) is 2.59. The third kappa shape index (κ3) is 3.54. The molecule has 0 amide bonds. The van der Waals surface area contributed by atoms with E-state index >= 15 is 0 Å². The highest BCUT2D eigenvalue weighted by molar-refractivity contribution is 7.99. The second kappa shape index (κ2) is 6.97. The molecule has 0 bridgehead atoms. The highest BCUT2D eigenvalue weighted by atomic mass is 32.2. The van der Waals surface area contributed by atoms with Gasteiger partial charge in [0.2, 0.25) is 0 Å². The maximum Gasteiger partial charge on any atom is 0.196 e. The molecule has 3 rings (SSSR count). The van der Waals surface area contributed by atoms with E-state index in [1.807, 2.05) is 42.7 Å². The van der Waals surface area contributed by atoms with Gasteiger partial charge in [0.05, 0.1) is 5.75 Å². The van der Waals surface area contributed by atoms with Crippen molar-refractivity contribution in [3.05, 3.63) is 71.3 Å². The van der Waals surface area contributed by atoms with Gasteiger partial charge in [-0.1, -0.05) is 23.9 Å². The first kappa shape index (κ1) is 16.4. The van der Waals surface area contributed by atoms with Crippen molar-refractivity contribution in [2.24, 2.45) is 0 Å². The Balaban J connectivity index is 1.79. The molecule has 0 aliphatic rings. The highest BCUT2D eigenvalue weighted by Gasteiger charge is 2.14. The second-order valence-corrected chi connectivity index (χ2v) is 6.37. The molecule has 4 nitrogen and oxygen atoms in total. The van der Waals surface area contributed by atoms with Gasteiger partial charge in [-0.15, -0.1) is 10.2 Å². The molecule has 0 saturated heterocycles. The molecule has 122 valence electrons. The largest absolute Gasteiger partial charge is 0.293 e. The Morgan fingerprint density at radius 2 is 1.88 bits per heavy atom. The number of benzene rings is 2. The van der Waals surface area contributed by atoms with Gasteiger partial charge >= 0.3 is 0 Å². The van der Waals surface area contributed by atoms with Crippen LogP contribution in [0.25, 0.3) is 5.69 Å². The Kier molecular flexibility index (Phi) is 4.76. The summed E-state index contributed by atoms with van der Waals surface area (Å²) in [5.74, 6) is 0.554. The van der Waals surface area contributed by atoms with Crippen LogP contribution >= 0.6 is 11.8 Å². The van der Waals surface area contributed by atoms with Crippen LogP contribution in [0.1, 0.15) is 21.7 Å². The first-order chi connectivity index (χ1) is 11.5. The van der Waals surface area contributed by atoms with E-state index in [1.165, 1.54) is 36.0 Å². The number of nitrogens with zero attached hydrogens (tertiary/aromatic N) is 3. The van der Waals surface area contributed by atoms with E-state index in [2.05, 4.69) is 10.2 Å². The van der Waals surface area contributed by atoms with E-state index in [1.54, 1.807) is 0 Å². The van der Waals surface area contributed by atoms with Crippen LogP contribution in [-0.2, 0) is 0 Å². The summed E-state index contributed by atoms with van der Waals surface area (Å²) in [4.78, 5) is 12.2. The first-order valence-electron chi connectivity index (χ1n) is 7.45. The number of thioether (sulfide) groups is 1. The maximum absolute atomic E-state index is 12.9. The van der Waals surface area contributed by atoms with Gasteiger partial charge in [-0.05, 0) is 55.8 Å². The van der Waals surface area contributed by atoms with Crippen molar-refractivity contribution in [1.29, 1.82) is 0 Å². The molecule has 0 aliphatic heterocycles. The lowest BCUT2D eigenvalue weighted by molar-refractivity contribution is 0.102. The minimum Gasteiger partial charge on any atom is -0.293 e. The fraction of sp³-hybridized carbons (Fsp3) is 0.167. The molecule has 0 saturated carbocycles. The van der Waals surface area contributed by atoms with Gasteiger partial charge in [0.25, 0.3) is 0 Å². The number of carbonyl (C=O) groups is 1. The summed E-state index contributed by atoms with van der Waals surface area (Å²) in [6.45, 7) is 3.90. The van der Waals surface area contributed by atoms with E-state index in [4.69, 9.17) is 0 Å². The van der Waals surface area contributed by atoms with Crippen molar-refractivity contribution in [2.75, 3.05) is 5.75 Å². The lowest BCUT2D eigenvalue weighted by Gasteiger charge is -2.09. The lowest BCUT2D eigenvalue weighted by Crippen LogP contribution is -2.05. The van der Waals surface area contributed by atoms with Gasteiger partial charge in [-0.25, -0.2) is 4.39 Å². The fourth-order valence-electron chi connectivity index (χ4n) is 2.35. The molecular formula is C18H16FN3OS. The summed E-state index contributed by atoms with van der Waals surface area (Å²) in [6, 6.07) is 13.6. The van der Waals surface area contributed by atoms with Crippen LogP contribution in [0.2, 0.25) is 0 Å². The van der Waals surface area contributed by atoms with Crippen LogP contribution in [0.3, 0.4) is 0 Å². The number of hydrogen-bond donors (Lipinski definition) is 0. The van der Waals surface area contributed by atoms with Crippen LogP contribution in [0, 0.1) is 19.7 Å². The molecule has 3 aromatic rings. The number of ketones is 1. The molecule has 1 aromatic heterocycles. The molecule has 1 heterocycles. The van der Waals surface area contributed by atoms with Crippen LogP contribution < -0.4 is 0 Å². The maximum atomic E-state index is 12.9. The lowest BCUT2D eigenvalue weighted by atomic mass is 10.1. The topological polar surface area (TPSA) is 47.8 Å². The Labute approximate surface area is 143 Å². The summed E-state index contributed by atoms with van der Waals surface area (Å²) < 4.78 is 14.9.